The summed E-state index contributed by atoms with van der Waals surface area (Å²) in [5.41, 5.74) is 1.94. The molecular weight excluding hydrogens is 332 g/mol. The van der Waals surface area contributed by atoms with E-state index in [1.165, 1.54) is 5.56 Å². The fourth-order valence-corrected chi connectivity index (χ4v) is 3.52. The van der Waals surface area contributed by atoms with Gasteiger partial charge in [0, 0.05) is 12.8 Å². The van der Waals surface area contributed by atoms with Crippen molar-refractivity contribution in [2.24, 2.45) is 7.05 Å². The average molecular weight is 348 g/mol. The minimum absolute atomic E-state index is 0.0592. The van der Waals surface area contributed by atoms with Crippen LogP contribution >= 0.6 is 11.8 Å². The molecule has 0 saturated heterocycles. The Kier molecular flexibility index (Phi) is 4.11. The lowest BCUT2D eigenvalue weighted by atomic mass is 10.2. The molecule has 6 heteroatoms. The highest BCUT2D eigenvalue weighted by Crippen LogP contribution is 2.21. The normalized spacial score (nSPS) is 11.7. The first kappa shape index (κ1) is 15.7. The summed E-state index contributed by atoms with van der Waals surface area (Å²) >= 11 is 1.59. The smallest absolute Gasteiger partial charge is 0.262 e. The molecule has 25 heavy (non-hydrogen) atoms. The van der Waals surface area contributed by atoms with E-state index in [2.05, 4.69) is 34.5 Å². The number of rotatable bonds is 4. The Hall–Kier alpha value is -2.86. The van der Waals surface area contributed by atoms with Crippen LogP contribution in [0.1, 0.15) is 5.56 Å². The summed E-state index contributed by atoms with van der Waals surface area (Å²) in [7, 11) is 1.72. The van der Waals surface area contributed by atoms with Crippen molar-refractivity contribution in [1.29, 1.82) is 0 Å². The molecule has 4 rings (SSSR count). The van der Waals surface area contributed by atoms with Crippen molar-refractivity contribution >= 4 is 34.5 Å². The molecule has 0 radical (unpaired) electrons. The van der Waals surface area contributed by atoms with Gasteiger partial charge in [-0.3, -0.25) is 13.8 Å². The SMILES string of the molecule is Cn1c(=O)c2ccccc2n2c(SCC=Cc3ccccc3)nnc12. The molecule has 0 aliphatic carbocycles. The fourth-order valence-electron chi connectivity index (χ4n) is 2.78. The number of aromatic nitrogens is 4. The monoisotopic (exact) mass is 348 g/mol. The molecule has 2 aromatic carbocycles. The van der Waals surface area contributed by atoms with Crippen molar-refractivity contribution in [1.82, 2.24) is 19.2 Å². The van der Waals surface area contributed by atoms with Gasteiger partial charge in [0.05, 0.1) is 10.9 Å². The molecule has 0 spiro atoms. The van der Waals surface area contributed by atoms with Crippen LogP contribution in [0.2, 0.25) is 0 Å². The predicted molar refractivity (Wildman–Crippen MR) is 102 cm³/mol. The number of aryl methyl sites for hydroxylation is 1. The van der Waals surface area contributed by atoms with Gasteiger partial charge in [-0.25, -0.2) is 0 Å². The van der Waals surface area contributed by atoms with Gasteiger partial charge in [-0.05, 0) is 17.7 Å². The maximum Gasteiger partial charge on any atom is 0.262 e. The fraction of sp³-hybridized carbons (Fsp3) is 0.105. The van der Waals surface area contributed by atoms with Crippen molar-refractivity contribution in [3.8, 4) is 0 Å². The van der Waals surface area contributed by atoms with Gasteiger partial charge in [0.15, 0.2) is 5.16 Å². The third-order valence-electron chi connectivity index (χ3n) is 4.01. The minimum Gasteiger partial charge on any atom is -0.279 e. The highest BCUT2D eigenvalue weighted by atomic mass is 32.2. The van der Waals surface area contributed by atoms with Crippen LogP contribution in [0.25, 0.3) is 22.8 Å². The zero-order valence-electron chi connectivity index (χ0n) is 13.7. The number of hydrogen-bond donors (Lipinski definition) is 0. The predicted octanol–water partition coefficient (Wildman–Crippen LogP) is 3.39. The van der Waals surface area contributed by atoms with Gasteiger partial charge in [0.25, 0.3) is 5.56 Å². The van der Waals surface area contributed by atoms with Crippen molar-refractivity contribution in [3.05, 3.63) is 76.6 Å². The van der Waals surface area contributed by atoms with E-state index >= 15 is 0 Å². The molecule has 5 nitrogen and oxygen atoms in total. The van der Waals surface area contributed by atoms with Gasteiger partial charge in [0.1, 0.15) is 0 Å². The molecule has 124 valence electrons. The summed E-state index contributed by atoms with van der Waals surface area (Å²) in [4.78, 5) is 12.4. The Labute approximate surface area is 148 Å². The molecule has 0 unspecified atom stereocenters. The maximum absolute atomic E-state index is 12.4. The molecule has 2 aromatic heterocycles. The number of nitrogens with zero attached hydrogens (tertiary/aromatic N) is 4. The van der Waals surface area contributed by atoms with E-state index in [-0.39, 0.29) is 5.56 Å². The third kappa shape index (κ3) is 2.85. The first-order valence-electron chi connectivity index (χ1n) is 7.93. The minimum atomic E-state index is -0.0592. The van der Waals surface area contributed by atoms with E-state index in [0.717, 1.165) is 16.4 Å². The molecule has 0 atom stereocenters. The Bertz CT molecular complexity index is 1130. The van der Waals surface area contributed by atoms with Crippen molar-refractivity contribution in [3.63, 3.8) is 0 Å². The second kappa shape index (κ2) is 6.57. The summed E-state index contributed by atoms with van der Waals surface area (Å²) in [6.45, 7) is 0. The highest BCUT2D eigenvalue weighted by molar-refractivity contribution is 7.99. The quantitative estimate of drug-likeness (QED) is 0.531. The van der Waals surface area contributed by atoms with Crippen LogP contribution in [0, 0.1) is 0 Å². The first-order valence-corrected chi connectivity index (χ1v) is 8.91. The van der Waals surface area contributed by atoms with Gasteiger partial charge >= 0.3 is 0 Å². The Morgan fingerprint density at radius 2 is 1.80 bits per heavy atom. The summed E-state index contributed by atoms with van der Waals surface area (Å²) in [6, 6.07) is 17.7. The Morgan fingerprint density at radius 1 is 1.04 bits per heavy atom. The number of fused-ring (bicyclic) bond motifs is 3. The topological polar surface area (TPSA) is 52.2 Å². The van der Waals surface area contributed by atoms with Crippen molar-refractivity contribution in [2.45, 2.75) is 5.16 Å². The van der Waals surface area contributed by atoms with E-state index in [1.807, 2.05) is 46.9 Å². The lowest BCUT2D eigenvalue weighted by molar-refractivity contribution is 0.853. The van der Waals surface area contributed by atoms with Crippen LogP contribution in [0.3, 0.4) is 0 Å². The number of hydrogen-bond acceptors (Lipinski definition) is 4. The van der Waals surface area contributed by atoms with Crippen LogP contribution in [-0.2, 0) is 7.05 Å². The molecular formula is C19H16N4OS. The third-order valence-corrected chi connectivity index (χ3v) is 4.90. The molecule has 0 aliphatic heterocycles. The maximum atomic E-state index is 12.4. The zero-order chi connectivity index (χ0) is 17.2. The average Bonchev–Trinajstić information content (AvgIpc) is 3.08. The Balaban J connectivity index is 1.69. The van der Waals surface area contributed by atoms with Crippen LogP contribution in [-0.4, -0.2) is 24.9 Å². The van der Waals surface area contributed by atoms with Gasteiger partial charge in [-0.15, -0.1) is 10.2 Å². The van der Waals surface area contributed by atoms with Gasteiger partial charge in [-0.1, -0.05) is 66.4 Å². The molecule has 0 bridgehead atoms. The standard InChI is InChI=1S/C19H16N4OS/c1-22-17(24)15-11-5-6-12-16(15)23-18(22)20-21-19(23)25-13-7-10-14-8-3-2-4-9-14/h2-12H,13H2,1H3. The summed E-state index contributed by atoms with van der Waals surface area (Å²) in [6.07, 6.45) is 4.19. The molecule has 2 heterocycles. The van der Waals surface area contributed by atoms with Gasteiger partial charge in [0.2, 0.25) is 5.78 Å². The zero-order valence-corrected chi connectivity index (χ0v) is 14.5. The summed E-state index contributed by atoms with van der Waals surface area (Å²) in [5.74, 6) is 1.32. The molecule has 0 fully saturated rings. The van der Waals surface area contributed by atoms with Crippen LogP contribution in [0.5, 0.6) is 0 Å². The number of thioether (sulfide) groups is 1. The molecule has 0 aliphatic rings. The molecule has 0 N–H and O–H groups in total. The highest BCUT2D eigenvalue weighted by Gasteiger charge is 2.14. The van der Waals surface area contributed by atoms with E-state index in [0.29, 0.717) is 11.2 Å². The van der Waals surface area contributed by atoms with E-state index in [4.69, 9.17) is 0 Å². The van der Waals surface area contributed by atoms with Crippen molar-refractivity contribution < 1.29 is 0 Å². The van der Waals surface area contributed by atoms with Crippen LogP contribution in [0.15, 0.2) is 70.6 Å². The molecule has 0 amide bonds. The first-order chi connectivity index (χ1) is 12.3. The van der Waals surface area contributed by atoms with Crippen molar-refractivity contribution in [2.75, 3.05) is 5.75 Å². The second-order valence-electron chi connectivity index (χ2n) is 5.62. The number of para-hydroxylation sites is 1. The van der Waals surface area contributed by atoms with Crippen LogP contribution in [0.4, 0.5) is 0 Å². The Morgan fingerprint density at radius 3 is 2.64 bits per heavy atom. The van der Waals surface area contributed by atoms with Crippen LogP contribution < -0.4 is 5.56 Å². The van der Waals surface area contributed by atoms with E-state index < -0.39 is 0 Å². The second-order valence-corrected chi connectivity index (χ2v) is 6.61. The number of benzene rings is 2. The van der Waals surface area contributed by atoms with E-state index in [9.17, 15) is 4.79 Å². The lowest BCUT2D eigenvalue weighted by Gasteiger charge is -2.06. The largest absolute Gasteiger partial charge is 0.279 e. The van der Waals surface area contributed by atoms with E-state index in [1.54, 1.807) is 23.4 Å². The van der Waals surface area contributed by atoms with Gasteiger partial charge in [-0.2, -0.15) is 0 Å². The summed E-state index contributed by atoms with van der Waals surface area (Å²) < 4.78 is 3.48. The lowest BCUT2D eigenvalue weighted by Crippen LogP contribution is -2.20. The molecule has 4 aromatic rings. The molecule has 0 saturated carbocycles. The van der Waals surface area contributed by atoms with Gasteiger partial charge < -0.3 is 0 Å². The summed E-state index contributed by atoms with van der Waals surface area (Å²) in [5, 5.41) is 9.91.